The molecular formula is C21H28N2O4S. The third-order valence-corrected chi connectivity index (χ3v) is 5.47. The van der Waals surface area contributed by atoms with Crippen LogP contribution in [0.1, 0.15) is 23.6 Å². The molecule has 1 amide bonds. The van der Waals surface area contributed by atoms with E-state index in [1.54, 1.807) is 12.1 Å². The summed E-state index contributed by atoms with van der Waals surface area (Å²) in [6, 6.07) is 13.1. The molecule has 0 radical (unpaired) electrons. The fraction of sp³-hybridized carbons (Fsp3) is 0.381. The molecule has 152 valence electrons. The Hall–Kier alpha value is -2.54. The van der Waals surface area contributed by atoms with Crippen molar-refractivity contribution in [2.45, 2.75) is 27.2 Å². The Bertz CT molecular complexity index is 909. The van der Waals surface area contributed by atoms with E-state index in [-0.39, 0.29) is 12.5 Å². The number of aryl methyl sites for hydroxylation is 3. The summed E-state index contributed by atoms with van der Waals surface area (Å²) in [4.78, 5) is 12.2. The number of carbonyl (C=O) groups excluding carboxylic acids is 1. The minimum atomic E-state index is -3.57. The van der Waals surface area contributed by atoms with E-state index >= 15 is 0 Å². The summed E-state index contributed by atoms with van der Waals surface area (Å²) in [6.45, 7) is 6.33. The van der Waals surface area contributed by atoms with Crippen molar-refractivity contribution < 1.29 is 17.9 Å². The highest BCUT2D eigenvalue weighted by Gasteiger charge is 2.20. The predicted molar refractivity (Wildman–Crippen MR) is 112 cm³/mol. The summed E-state index contributed by atoms with van der Waals surface area (Å²) in [5.41, 5.74) is 3.77. The summed E-state index contributed by atoms with van der Waals surface area (Å²) in [5, 5.41) is 2.71. The zero-order valence-corrected chi connectivity index (χ0v) is 17.7. The molecule has 0 heterocycles. The van der Waals surface area contributed by atoms with Gasteiger partial charge in [-0.1, -0.05) is 36.8 Å². The van der Waals surface area contributed by atoms with Gasteiger partial charge in [0.25, 0.3) is 0 Å². The topological polar surface area (TPSA) is 75.7 Å². The van der Waals surface area contributed by atoms with Crippen molar-refractivity contribution in [1.82, 2.24) is 5.32 Å². The number of nitrogens with one attached hydrogen (secondary N) is 1. The van der Waals surface area contributed by atoms with Crippen LogP contribution in [0.15, 0.2) is 42.5 Å². The van der Waals surface area contributed by atoms with Crippen LogP contribution in [0.5, 0.6) is 5.75 Å². The molecule has 6 nitrogen and oxygen atoms in total. The van der Waals surface area contributed by atoms with Gasteiger partial charge in [0, 0.05) is 0 Å². The molecule has 0 fully saturated rings. The first-order chi connectivity index (χ1) is 13.2. The van der Waals surface area contributed by atoms with Crippen LogP contribution in [-0.2, 0) is 21.2 Å². The lowest BCUT2D eigenvalue weighted by Crippen LogP contribution is -2.41. The fourth-order valence-electron chi connectivity index (χ4n) is 2.80. The van der Waals surface area contributed by atoms with Crippen molar-refractivity contribution >= 4 is 21.6 Å². The van der Waals surface area contributed by atoms with E-state index in [4.69, 9.17) is 4.74 Å². The second-order valence-corrected chi connectivity index (χ2v) is 8.66. The maximum Gasteiger partial charge on any atom is 0.240 e. The molecular weight excluding hydrogens is 376 g/mol. The van der Waals surface area contributed by atoms with Crippen LogP contribution >= 0.6 is 0 Å². The van der Waals surface area contributed by atoms with Gasteiger partial charge >= 0.3 is 0 Å². The standard InChI is InChI=1S/C21H28N2O4S/c1-5-18-7-9-19(10-8-18)23(28(4,25)26)15-21(24)22-12-13-27-20-11-6-16(2)14-17(20)3/h6-11,14H,5,12-13,15H2,1-4H3,(H,22,24). The van der Waals surface area contributed by atoms with Gasteiger partial charge in [0.1, 0.15) is 18.9 Å². The Kier molecular flexibility index (Phi) is 7.45. The lowest BCUT2D eigenvalue weighted by molar-refractivity contribution is -0.119. The molecule has 0 unspecified atom stereocenters. The summed E-state index contributed by atoms with van der Waals surface area (Å²) >= 11 is 0. The molecule has 1 N–H and O–H groups in total. The lowest BCUT2D eigenvalue weighted by atomic mass is 10.1. The maximum absolute atomic E-state index is 12.2. The average molecular weight is 405 g/mol. The number of carbonyl (C=O) groups is 1. The Morgan fingerprint density at radius 1 is 1.11 bits per heavy atom. The minimum absolute atomic E-state index is 0.270. The highest BCUT2D eigenvalue weighted by molar-refractivity contribution is 7.92. The van der Waals surface area contributed by atoms with E-state index in [2.05, 4.69) is 5.32 Å². The number of ether oxygens (including phenoxy) is 1. The van der Waals surface area contributed by atoms with Gasteiger partial charge in [0.05, 0.1) is 18.5 Å². The van der Waals surface area contributed by atoms with Crippen LogP contribution in [0.2, 0.25) is 0 Å². The quantitative estimate of drug-likeness (QED) is 0.652. The van der Waals surface area contributed by atoms with Gasteiger partial charge in [0.15, 0.2) is 0 Å². The smallest absolute Gasteiger partial charge is 0.240 e. The molecule has 28 heavy (non-hydrogen) atoms. The molecule has 2 aromatic rings. The Morgan fingerprint density at radius 3 is 2.36 bits per heavy atom. The van der Waals surface area contributed by atoms with Crippen LogP contribution < -0.4 is 14.4 Å². The molecule has 0 aromatic heterocycles. The fourth-order valence-corrected chi connectivity index (χ4v) is 3.65. The van der Waals surface area contributed by atoms with Gasteiger partial charge in [-0.05, 0) is 49.6 Å². The lowest BCUT2D eigenvalue weighted by Gasteiger charge is -2.22. The SMILES string of the molecule is CCc1ccc(N(CC(=O)NCCOc2ccc(C)cc2C)S(C)(=O)=O)cc1. The van der Waals surface area contributed by atoms with Gasteiger partial charge in [0.2, 0.25) is 15.9 Å². The summed E-state index contributed by atoms with van der Waals surface area (Å²) in [6.07, 6.45) is 1.96. The van der Waals surface area contributed by atoms with Crippen molar-refractivity contribution in [3.05, 3.63) is 59.2 Å². The zero-order valence-electron chi connectivity index (χ0n) is 16.9. The van der Waals surface area contributed by atoms with Crippen LogP contribution in [-0.4, -0.2) is 40.3 Å². The molecule has 2 aromatic carbocycles. The number of hydrogen-bond acceptors (Lipinski definition) is 4. The molecule has 0 atom stereocenters. The molecule has 0 spiro atoms. The number of anilines is 1. The van der Waals surface area contributed by atoms with Crippen molar-refractivity contribution in [3.63, 3.8) is 0 Å². The van der Waals surface area contributed by atoms with E-state index in [1.807, 2.05) is 51.1 Å². The van der Waals surface area contributed by atoms with E-state index in [1.165, 1.54) is 0 Å². The molecule has 0 bridgehead atoms. The minimum Gasteiger partial charge on any atom is -0.491 e. The van der Waals surface area contributed by atoms with Gasteiger partial charge in [-0.2, -0.15) is 0 Å². The maximum atomic E-state index is 12.2. The second kappa shape index (κ2) is 9.59. The first-order valence-corrected chi connectivity index (χ1v) is 11.1. The number of rotatable bonds is 9. The zero-order chi connectivity index (χ0) is 20.7. The first-order valence-electron chi connectivity index (χ1n) is 9.24. The van der Waals surface area contributed by atoms with Crippen molar-refractivity contribution in [3.8, 4) is 5.75 Å². The predicted octanol–water partition coefficient (Wildman–Crippen LogP) is 2.83. The molecule has 0 saturated heterocycles. The highest BCUT2D eigenvalue weighted by atomic mass is 32.2. The summed E-state index contributed by atoms with van der Waals surface area (Å²) in [7, 11) is -3.57. The molecule has 0 aliphatic carbocycles. The number of amides is 1. The largest absolute Gasteiger partial charge is 0.491 e. The summed E-state index contributed by atoms with van der Waals surface area (Å²) < 4.78 is 31.0. The highest BCUT2D eigenvalue weighted by Crippen LogP contribution is 2.19. The molecule has 0 aliphatic rings. The van der Waals surface area contributed by atoms with E-state index in [0.29, 0.717) is 18.8 Å². The Morgan fingerprint density at radius 2 is 1.79 bits per heavy atom. The third kappa shape index (κ3) is 6.27. The number of sulfonamides is 1. The monoisotopic (exact) mass is 404 g/mol. The number of nitrogens with zero attached hydrogens (tertiary/aromatic N) is 1. The van der Waals surface area contributed by atoms with Crippen molar-refractivity contribution in [2.24, 2.45) is 0 Å². The van der Waals surface area contributed by atoms with Crippen LogP contribution in [0, 0.1) is 13.8 Å². The number of hydrogen-bond donors (Lipinski definition) is 1. The molecule has 0 saturated carbocycles. The van der Waals surface area contributed by atoms with Crippen molar-refractivity contribution in [1.29, 1.82) is 0 Å². The van der Waals surface area contributed by atoms with Gasteiger partial charge in [-0.15, -0.1) is 0 Å². The Balaban J connectivity index is 1.91. The van der Waals surface area contributed by atoms with Gasteiger partial charge in [-0.3, -0.25) is 9.10 Å². The average Bonchev–Trinajstić information content (AvgIpc) is 2.64. The van der Waals surface area contributed by atoms with Crippen LogP contribution in [0.3, 0.4) is 0 Å². The molecule has 0 aliphatic heterocycles. The van der Waals surface area contributed by atoms with Crippen LogP contribution in [0.25, 0.3) is 0 Å². The van der Waals surface area contributed by atoms with Gasteiger partial charge in [-0.25, -0.2) is 8.42 Å². The van der Waals surface area contributed by atoms with Crippen LogP contribution in [0.4, 0.5) is 5.69 Å². The first kappa shape index (κ1) is 21.8. The Labute approximate surface area is 167 Å². The second-order valence-electron chi connectivity index (χ2n) is 6.76. The van der Waals surface area contributed by atoms with Gasteiger partial charge < -0.3 is 10.1 Å². The van der Waals surface area contributed by atoms with E-state index in [9.17, 15) is 13.2 Å². The van der Waals surface area contributed by atoms with E-state index < -0.39 is 10.0 Å². The molecule has 2 rings (SSSR count). The van der Waals surface area contributed by atoms with Crippen molar-refractivity contribution in [2.75, 3.05) is 30.3 Å². The normalized spacial score (nSPS) is 11.1. The van der Waals surface area contributed by atoms with E-state index in [0.717, 1.165) is 39.4 Å². The molecule has 7 heteroatoms. The summed E-state index contributed by atoms with van der Waals surface area (Å²) in [5.74, 6) is 0.392. The number of benzene rings is 2. The third-order valence-electron chi connectivity index (χ3n) is 4.33.